The molecule has 3 rings (SSSR count). The number of ether oxygens (including phenoxy) is 1. The highest BCUT2D eigenvalue weighted by Crippen LogP contribution is 2.44. The van der Waals surface area contributed by atoms with E-state index in [1.807, 2.05) is 0 Å². The van der Waals surface area contributed by atoms with E-state index >= 15 is 0 Å². The number of aliphatic carboxylic acids is 1. The molecule has 0 fully saturated rings. The first-order chi connectivity index (χ1) is 11.7. The number of dihydropyridines is 1. The number of alkyl halides is 1. The second-order valence-electron chi connectivity index (χ2n) is 5.88. The Kier molecular flexibility index (Phi) is 4.06. The highest BCUT2D eigenvalue weighted by atomic mass is 19.1. The summed E-state index contributed by atoms with van der Waals surface area (Å²) in [7, 11) is 0. The Bertz CT molecular complexity index is 856. The number of carbonyl (C=O) groups excluding carboxylic acids is 1. The van der Waals surface area contributed by atoms with Crippen LogP contribution in [-0.4, -0.2) is 23.7 Å². The number of cyclic esters (lactones) is 1. The zero-order valence-corrected chi connectivity index (χ0v) is 13.3. The van der Waals surface area contributed by atoms with Crippen LogP contribution in [0.4, 0.5) is 13.2 Å². The van der Waals surface area contributed by atoms with Gasteiger partial charge in [0, 0.05) is 17.3 Å². The Morgan fingerprint density at radius 2 is 2.08 bits per heavy atom. The van der Waals surface area contributed by atoms with Gasteiger partial charge in [-0.3, -0.25) is 0 Å². The molecule has 25 heavy (non-hydrogen) atoms. The monoisotopic (exact) mass is 353 g/mol. The molecule has 2 heterocycles. The van der Waals surface area contributed by atoms with Crippen LogP contribution in [0.15, 0.2) is 34.7 Å². The highest BCUT2D eigenvalue weighted by Gasteiger charge is 2.43. The zero-order valence-electron chi connectivity index (χ0n) is 13.3. The molecule has 0 saturated heterocycles. The Morgan fingerprint density at radius 1 is 1.40 bits per heavy atom. The quantitative estimate of drug-likeness (QED) is 0.818. The molecule has 0 aliphatic carbocycles. The van der Waals surface area contributed by atoms with Gasteiger partial charge in [-0.2, -0.15) is 0 Å². The molecule has 132 valence electrons. The third-order valence-electron chi connectivity index (χ3n) is 4.28. The Hall–Kier alpha value is -2.77. The van der Waals surface area contributed by atoms with E-state index in [1.54, 1.807) is 0 Å². The fourth-order valence-electron chi connectivity index (χ4n) is 3.32. The number of hydrogen-bond donors (Lipinski definition) is 2. The van der Waals surface area contributed by atoms with Gasteiger partial charge < -0.3 is 15.2 Å². The number of benzene rings is 1. The van der Waals surface area contributed by atoms with E-state index < -0.39 is 41.2 Å². The molecule has 2 aliphatic rings. The lowest BCUT2D eigenvalue weighted by Gasteiger charge is -2.28. The molecule has 0 radical (unpaired) electrons. The summed E-state index contributed by atoms with van der Waals surface area (Å²) < 4.78 is 47.0. The van der Waals surface area contributed by atoms with Crippen LogP contribution in [0.3, 0.4) is 0 Å². The van der Waals surface area contributed by atoms with Crippen molar-refractivity contribution in [3.05, 3.63) is 57.4 Å². The molecule has 0 amide bonds. The number of halogens is 3. The van der Waals surface area contributed by atoms with Gasteiger partial charge in [-0.1, -0.05) is 0 Å². The number of nitrogens with one attached hydrogen (secondary N) is 1. The van der Waals surface area contributed by atoms with Crippen molar-refractivity contribution in [2.45, 2.75) is 25.9 Å². The molecule has 0 aromatic heterocycles. The lowest BCUT2D eigenvalue weighted by molar-refractivity contribution is -0.136. The Balaban J connectivity index is 2.33. The van der Waals surface area contributed by atoms with Crippen LogP contribution in [0.2, 0.25) is 0 Å². The van der Waals surface area contributed by atoms with Crippen molar-refractivity contribution in [3.8, 4) is 0 Å². The van der Waals surface area contributed by atoms with Gasteiger partial charge in [-0.15, -0.1) is 0 Å². The maximum Gasteiger partial charge on any atom is 0.337 e. The van der Waals surface area contributed by atoms with E-state index in [4.69, 9.17) is 4.74 Å². The fourth-order valence-corrected chi connectivity index (χ4v) is 3.32. The molecule has 8 heteroatoms. The van der Waals surface area contributed by atoms with E-state index in [0.717, 1.165) is 13.0 Å². The van der Waals surface area contributed by atoms with Gasteiger partial charge >= 0.3 is 11.9 Å². The first-order valence-electron chi connectivity index (χ1n) is 7.46. The number of hydrogen-bond acceptors (Lipinski definition) is 4. The molecule has 2 N–H and O–H groups in total. The average molecular weight is 353 g/mol. The second-order valence-corrected chi connectivity index (χ2v) is 5.88. The van der Waals surface area contributed by atoms with Crippen LogP contribution in [0, 0.1) is 11.6 Å². The minimum absolute atomic E-state index is 0.0742. The maximum absolute atomic E-state index is 14.2. The zero-order chi connectivity index (χ0) is 18.5. The Morgan fingerprint density at radius 3 is 2.68 bits per heavy atom. The van der Waals surface area contributed by atoms with Crippen molar-refractivity contribution in [3.63, 3.8) is 0 Å². The molecular weight excluding hydrogens is 339 g/mol. The van der Waals surface area contributed by atoms with Crippen molar-refractivity contribution in [2.24, 2.45) is 0 Å². The van der Waals surface area contributed by atoms with Gasteiger partial charge in [0.05, 0.1) is 22.8 Å². The van der Waals surface area contributed by atoms with Gasteiger partial charge in [-0.25, -0.2) is 22.8 Å². The summed E-state index contributed by atoms with van der Waals surface area (Å²) in [6.45, 7) is 2.39. The van der Waals surface area contributed by atoms with Crippen molar-refractivity contribution in [1.29, 1.82) is 0 Å². The van der Waals surface area contributed by atoms with Gasteiger partial charge in [0.25, 0.3) is 0 Å². The summed E-state index contributed by atoms with van der Waals surface area (Å²) in [6, 6.07) is 1.38. The van der Waals surface area contributed by atoms with Crippen molar-refractivity contribution in [1.82, 2.24) is 5.32 Å². The van der Waals surface area contributed by atoms with Gasteiger partial charge in [0.2, 0.25) is 0 Å². The van der Waals surface area contributed by atoms with E-state index in [0.29, 0.717) is 11.8 Å². The number of carbonyl (C=O) groups is 2. The lowest BCUT2D eigenvalue weighted by atomic mass is 9.78. The molecule has 5 nitrogen and oxygen atoms in total. The van der Waals surface area contributed by atoms with Crippen LogP contribution in [-0.2, 0) is 14.3 Å². The number of allylic oxidation sites excluding steroid dienone is 1. The van der Waals surface area contributed by atoms with Gasteiger partial charge in [0.15, 0.2) is 0 Å². The topological polar surface area (TPSA) is 75.6 Å². The number of rotatable bonds is 3. The molecule has 1 unspecified atom stereocenters. The predicted octanol–water partition coefficient (Wildman–Crippen LogP) is 2.85. The summed E-state index contributed by atoms with van der Waals surface area (Å²) in [5.74, 6) is -5.66. The third-order valence-corrected chi connectivity index (χ3v) is 4.28. The highest BCUT2D eigenvalue weighted by molar-refractivity contribution is 6.00. The standard InChI is InChI=1S/C17H14F3NO4/c1-6(18)12-9(3-8(19)4-10(12)20)14-13(16(22)23)7(2)21-11-5-25-17(24)15(11)14/h3-4,6,14,21H,5H2,1-2H3,(H,22,23)/t6?,14-/m0/s1. The molecule has 0 saturated carbocycles. The lowest BCUT2D eigenvalue weighted by Crippen LogP contribution is -2.30. The van der Waals surface area contributed by atoms with Crippen molar-refractivity contribution < 1.29 is 32.6 Å². The molecule has 2 atom stereocenters. The molecule has 1 aromatic carbocycles. The summed E-state index contributed by atoms with van der Waals surface area (Å²) in [5, 5.41) is 12.3. The SMILES string of the molecule is CC1=C(C(=O)O)[C@H](c2cc(F)cc(F)c2C(C)F)C2=C(COC2=O)N1. The van der Waals surface area contributed by atoms with E-state index in [2.05, 4.69) is 5.32 Å². The van der Waals surface area contributed by atoms with Crippen LogP contribution >= 0.6 is 0 Å². The van der Waals surface area contributed by atoms with E-state index in [1.165, 1.54) is 6.92 Å². The number of carboxylic acids is 1. The average Bonchev–Trinajstić information content (AvgIpc) is 2.85. The first kappa shape index (κ1) is 17.1. The summed E-state index contributed by atoms with van der Waals surface area (Å²) in [4.78, 5) is 23.8. The molecule has 0 bridgehead atoms. The molecule has 2 aliphatic heterocycles. The Labute approximate surface area is 140 Å². The number of esters is 1. The smallest absolute Gasteiger partial charge is 0.337 e. The van der Waals surface area contributed by atoms with Gasteiger partial charge in [0.1, 0.15) is 24.4 Å². The summed E-state index contributed by atoms with van der Waals surface area (Å²) in [5.41, 5.74) is -0.584. The predicted molar refractivity (Wildman–Crippen MR) is 80.1 cm³/mol. The summed E-state index contributed by atoms with van der Waals surface area (Å²) >= 11 is 0. The van der Waals surface area contributed by atoms with Crippen LogP contribution < -0.4 is 5.32 Å². The normalized spacial score (nSPS) is 21.0. The minimum Gasteiger partial charge on any atom is -0.478 e. The minimum atomic E-state index is -1.83. The maximum atomic E-state index is 14.2. The number of carboxylic acid groups (broad SMARTS) is 1. The summed E-state index contributed by atoms with van der Waals surface area (Å²) in [6.07, 6.45) is -1.83. The van der Waals surface area contributed by atoms with Crippen LogP contribution in [0.1, 0.15) is 37.1 Å². The fraction of sp³-hybridized carbons (Fsp3) is 0.294. The van der Waals surface area contributed by atoms with Crippen molar-refractivity contribution >= 4 is 11.9 Å². The van der Waals surface area contributed by atoms with Crippen LogP contribution in [0.5, 0.6) is 0 Å². The second kappa shape index (κ2) is 5.94. The molecule has 1 aromatic rings. The molecular formula is C17H14F3NO4. The molecule has 0 spiro atoms. The largest absolute Gasteiger partial charge is 0.478 e. The van der Waals surface area contributed by atoms with E-state index in [-0.39, 0.29) is 29.0 Å². The van der Waals surface area contributed by atoms with Crippen LogP contribution in [0.25, 0.3) is 0 Å². The van der Waals surface area contributed by atoms with Gasteiger partial charge in [-0.05, 0) is 25.5 Å². The third kappa shape index (κ3) is 2.67. The first-order valence-corrected chi connectivity index (χ1v) is 7.46. The van der Waals surface area contributed by atoms with Crippen molar-refractivity contribution in [2.75, 3.05) is 6.61 Å². The van der Waals surface area contributed by atoms with E-state index in [9.17, 15) is 27.9 Å².